The molecule has 0 amide bonds. The largest absolute Gasteiger partial charge is 0.326 e. The van der Waals surface area contributed by atoms with Crippen LogP contribution in [0.15, 0.2) is 0 Å². The van der Waals surface area contributed by atoms with E-state index in [1.54, 1.807) is 0 Å². The quantitative estimate of drug-likeness (QED) is 0.573. The summed E-state index contributed by atoms with van der Waals surface area (Å²) < 4.78 is 2.22. The first-order valence-corrected chi connectivity index (χ1v) is 5.25. The van der Waals surface area contributed by atoms with Crippen molar-refractivity contribution >= 4 is 0 Å². The molecular weight excluding hydrogens is 160 g/mol. The van der Waals surface area contributed by atoms with Gasteiger partial charge in [0.2, 0.25) is 0 Å². The zero-order valence-corrected chi connectivity index (χ0v) is 10.6. The number of nitrogens with zero attached hydrogens (tertiary/aromatic N) is 2. The first-order chi connectivity index (χ1) is 5.62. The SMILES string of the molecule is CC(C)C[N+](C)(C)CC[N+](C)(C)C. The van der Waals surface area contributed by atoms with E-state index in [-0.39, 0.29) is 0 Å². The molecule has 13 heavy (non-hydrogen) atoms. The Morgan fingerprint density at radius 2 is 1.31 bits per heavy atom. The lowest BCUT2D eigenvalue weighted by atomic mass is 10.2. The third-order valence-corrected chi connectivity index (χ3v) is 2.24. The van der Waals surface area contributed by atoms with Crippen molar-refractivity contribution in [1.82, 2.24) is 0 Å². The molecule has 0 rings (SSSR count). The number of hydrogen-bond donors (Lipinski definition) is 0. The molecule has 0 aliphatic rings. The van der Waals surface area contributed by atoms with Gasteiger partial charge >= 0.3 is 0 Å². The standard InChI is InChI=1S/C11H28N2/c1-11(2)10-13(6,7)9-8-12(3,4)5/h11H,8-10H2,1-7H3/q+2. The van der Waals surface area contributed by atoms with Gasteiger partial charge < -0.3 is 8.97 Å². The van der Waals surface area contributed by atoms with Gasteiger partial charge in [0.25, 0.3) is 0 Å². The third-order valence-electron chi connectivity index (χ3n) is 2.24. The Kier molecular flexibility index (Phi) is 4.40. The molecule has 0 saturated heterocycles. The summed E-state index contributed by atoms with van der Waals surface area (Å²) in [5.41, 5.74) is 0. The van der Waals surface area contributed by atoms with Crippen LogP contribution in [0, 0.1) is 5.92 Å². The summed E-state index contributed by atoms with van der Waals surface area (Å²) in [4.78, 5) is 0. The van der Waals surface area contributed by atoms with Crippen LogP contribution in [0.2, 0.25) is 0 Å². The average Bonchev–Trinajstić information content (AvgIpc) is 1.79. The summed E-state index contributed by atoms with van der Waals surface area (Å²) in [6.07, 6.45) is 0. The normalized spacial score (nSPS) is 13.8. The van der Waals surface area contributed by atoms with Crippen LogP contribution in [-0.4, -0.2) is 63.8 Å². The maximum absolute atomic E-state index is 2.33. The fourth-order valence-corrected chi connectivity index (χ4v) is 1.65. The highest BCUT2D eigenvalue weighted by atomic mass is 15.4. The van der Waals surface area contributed by atoms with Crippen LogP contribution in [0.1, 0.15) is 13.8 Å². The molecule has 0 radical (unpaired) electrons. The van der Waals surface area contributed by atoms with Crippen LogP contribution >= 0.6 is 0 Å². The molecule has 0 unspecified atom stereocenters. The fourth-order valence-electron chi connectivity index (χ4n) is 1.65. The third kappa shape index (κ3) is 8.26. The van der Waals surface area contributed by atoms with E-state index < -0.39 is 0 Å². The van der Waals surface area contributed by atoms with Gasteiger partial charge in [0.1, 0.15) is 13.1 Å². The highest BCUT2D eigenvalue weighted by Crippen LogP contribution is 2.05. The van der Waals surface area contributed by atoms with Gasteiger partial charge in [-0.15, -0.1) is 0 Å². The van der Waals surface area contributed by atoms with Gasteiger partial charge in [-0.2, -0.15) is 0 Å². The highest BCUT2D eigenvalue weighted by Gasteiger charge is 2.20. The molecule has 0 atom stereocenters. The second-order valence-electron chi connectivity index (χ2n) is 6.25. The van der Waals surface area contributed by atoms with Gasteiger partial charge in [-0.05, 0) is 0 Å². The summed E-state index contributed by atoms with van der Waals surface area (Å²) in [6.45, 7) is 8.39. The Bertz CT molecular complexity index is 143. The minimum absolute atomic E-state index is 0.794. The second kappa shape index (κ2) is 4.43. The van der Waals surface area contributed by atoms with E-state index in [2.05, 4.69) is 49.1 Å². The Hall–Kier alpha value is -0.0800. The van der Waals surface area contributed by atoms with Gasteiger partial charge in [0.15, 0.2) is 0 Å². The van der Waals surface area contributed by atoms with E-state index in [9.17, 15) is 0 Å². The summed E-state index contributed by atoms with van der Waals surface area (Å²) in [6, 6.07) is 0. The van der Waals surface area contributed by atoms with Crippen molar-refractivity contribution in [1.29, 1.82) is 0 Å². The van der Waals surface area contributed by atoms with E-state index in [0.717, 1.165) is 14.9 Å². The number of quaternary nitrogens is 2. The predicted octanol–water partition coefficient (Wildman–Crippen LogP) is 1.42. The van der Waals surface area contributed by atoms with Crippen molar-refractivity contribution in [2.75, 3.05) is 54.9 Å². The molecule has 0 aliphatic carbocycles. The smallest absolute Gasteiger partial charge is 0.128 e. The van der Waals surface area contributed by atoms with Crippen molar-refractivity contribution in [3.63, 3.8) is 0 Å². The maximum atomic E-state index is 2.33. The van der Waals surface area contributed by atoms with E-state index in [0.29, 0.717) is 0 Å². The molecule has 0 saturated carbocycles. The van der Waals surface area contributed by atoms with Crippen molar-refractivity contribution in [2.24, 2.45) is 5.92 Å². The summed E-state index contributed by atoms with van der Waals surface area (Å²) >= 11 is 0. The maximum Gasteiger partial charge on any atom is 0.128 e. The second-order valence-corrected chi connectivity index (χ2v) is 6.25. The first-order valence-electron chi connectivity index (χ1n) is 5.25. The minimum atomic E-state index is 0.794. The molecule has 0 bridgehead atoms. The van der Waals surface area contributed by atoms with Crippen LogP contribution in [0.3, 0.4) is 0 Å². The molecule has 0 spiro atoms. The monoisotopic (exact) mass is 188 g/mol. The summed E-state index contributed by atoms with van der Waals surface area (Å²) in [5, 5.41) is 0. The zero-order valence-electron chi connectivity index (χ0n) is 10.6. The van der Waals surface area contributed by atoms with Gasteiger partial charge in [0, 0.05) is 5.92 Å². The highest BCUT2D eigenvalue weighted by molar-refractivity contribution is 4.41. The molecule has 0 aromatic carbocycles. The van der Waals surface area contributed by atoms with E-state index in [4.69, 9.17) is 0 Å². The van der Waals surface area contributed by atoms with Crippen LogP contribution in [0.4, 0.5) is 0 Å². The molecular formula is C11H28N2+2. The Morgan fingerprint density at radius 1 is 0.846 bits per heavy atom. The Morgan fingerprint density at radius 3 is 1.62 bits per heavy atom. The lowest BCUT2D eigenvalue weighted by Gasteiger charge is -2.34. The molecule has 0 N–H and O–H groups in total. The fraction of sp³-hybridized carbons (Fsp3) is 1.00. The van der Waals surface area contributed by atoms with Crippen LogP contribution in [0.5, 0.6) is 0 Å². The predicted molar refractivity (Wildman–Crippen MR) is 59.6 cm³/mol. The van der Waals surface area contributed by atoms with Crippen molar-refractivity contribution in [2.45, 2.75) is 13.8 Å². The van der Waals surface area contributed by atoms with Crippen molar-refractivity contribution in [3.05, 3.63) is 0 Å². The van der Waals surface area contributed by atoms with Crippen LogP contribution in [-0.2, 0) is 0 Å². The molecule has 0 heterocycles. The summed E-state index contributed by atoms with van der Waals surface area (Å²) in [5.74, 6) is 0.794. The van der Waals surface area contributed by atoms with Crippen LogP contribution in [0.25, 0.3) is 0 Å². The number of rotatable bonds is 5. The first kappa shape index (κ1) is 12.9. The summed E-state index contributed by atoms with van der Waals surface area (Å²) in [7, 11) is 11.4. The lowest BCUT2D eigenvalue weighted by molar-refractivity contribution is -0.939. The van der Waals surface area contributed by atoms with Gasteiger partial charge in [-0.25, -0.2) is 0 Å². The molecule has 2 heteroatoms. The Labute approximate surface area is 84.3 Å². The molecule has 0 aromatic heterocycles. The van der Waals surface area contributed by atoms with E-state index >= 15 is 0 Å². The topological polar surface area (TPSA) is 0 Å². The average molecular weight is 188 g/mol. The lowest BCUT2D eigenvalue weighted by Crippen LogP contribution is -2.50. The van der Waals surface area contributed by atoms with E-state index in [1.807, 2.05) is 0 Å². The minimum Gasteiger partial charge on any atom is -0.326 e. The van der Waals surface area contributed by atoms with Crippen molar-refractivity contribution in [3.8, 4) is 0 Å². The molecule has 0 aromatic rings. The Balaban J connectivity index is 3.89. The zero-order chi connectivity index (χ0) is 10.7. The van der Waals surface area contributed by atoms with Gasteiger partial charge in [-0.3, -0.25) is 0 Å². The van der Waals surface area contributed by atoms with E-state index in [1.165, 1.54) is 19.6 Å². The van der Waals surface area contributed by atoms with Gasteiger partial charge in [-0.1, -0.05) is 13.8 Å². The van der Waals surface area contributed by atoms with Crippen molar-refractivity contribution < 1.29 is 8.97 Å². The van der Waals surface area contributed by atoms with Gasteiger partial charge in [0.05, 0.1) is 41.8 Å². The number of hydrogen-bond acceptors (Lipinski definition) is 0. The molecule has 2 nitrogen and oxygen atoms in total. The number of likely N-dealkylation sites (N-methyl/N-ethyl adjacent to an activating group) is 2. The molecule has 0 aliphatic heterocycles. The molecule has 80 valence electrons. The molecule has 0 fully saturated rings. The van der Waals surface area contributed by atoms with Crippen LogP contribution < -0.4 is 0 Å².